The molecule has 1 atom stereocenters. The van der Waals surface area contributed by atoms with E-state index >= 15 is 0 Å². The molecule has 1 aromatic rings. The van der Waals surface area contributed by atoms with E-state index in [0.29, 0.717) is 6.04 Å². The lowest BCUT2D eigenvalue weighted by atomic mass is 9.85. The van der Waals surface area contributed by atoms with Crippen molar-refractivity contribution in [3.63, 3.8) is 0 Å². The summed E-state index contributed by atoms with van der Waals surface area (Å²) in [5.74, 6) is 0. The largest absolute Gasteiger partial charge is 0.368 e. The molecule has 1 fully saturated rings. The number of nitrogens with one attached hydrogen (secondary N) is 1. The minimum atomic E-state index is 0.205. The molecule has 1 aliphatic rings. The maximum atomic E-state index is 3.51. The van der Waals surface area contributed by atoms with Crippen LogP contribution in [-0.4, -0.2) is 25.7 Å². The fourth-order valence-electron chi connectivity index (χ4n) is 2.90. The van der Waals surface area contributed by atoms with E-state index in [1.165, 1.54) is 24.1 Å². The molecule has 0 aliphatic carbocycles. The van der Waals surface area contributed by atoms with Crippen LogP contribution in [0.15, 0.2) is 24.3 Å². The predicted molar refractivity (Wildman–Crippen MR) is 84.1 cm³/mol. The molecule has 0 bridgehead atoms. The maximum Gasteiger partial charge on any atom is 0.0406 e. The molecule has 0 radical (unpaired) electrons. The topological polar surface area (TPSA) is 15.3 Å². The average Bonchev–Trinajstić information content (AvgIpc) is 2.33. The first kappa shape index (κ1) is 14.4. The molecule has 2 nitrogen and oxygen atoms in total. The minimum Gasteiger partial charge on any atom is -0.368 e. The zero-order chi connectivity index (χ0) is 13.9. The van der Waals surface area contributed by atoms with Crippen molar-refractivity contribution in [1.82, 2.24) is 5.32 Å². The summed E-state index contributed by atoms with van der Waals surface area (Å²) >= 11 is 0. The van der Waals surface area contributed by atoms with E-state index in [9.17, 15) is 0 Å². The van der Waals surface area contributed by atoms with Crippen LogP contribution in [0.25, 0.3) is 0 Å². The summed E-state index contributed by atoms with van der Waals surface area (Å²) in [5.41, 5.74) is 3.11. The molecule has 1 N–H and O–H groups in total. The SMILES string of the molecule is CC1CCNCCCN1c1ccccc1C(C)(C)C. The van der Waals surface area contributed by atoms with Gasteiger partial charge in [0.25, 0.3) is 0 Å². The van der Waals surface area contributed by atoms with E-state index in [1.54, 1.807) is 0 Å². The molecule has 0 aromatic heterocycles. The summed E-state index contributed by atoms with van der Waals surface area (Å²) in [5, 5.41) is 3.51. The lowest BCUT2D eigenvalue weighted by molar-refractivity contribution is 0.493. The van der Waals surface area contributed by atoms with Gasteiger partial charge in [-0.3, -0.25) is 0 Å². The van der Waals surface area contributed by atoms with E-state index in [0.717, 1.165) is 19.6 Å². The van der Waals surface area contributed by atoms with Crippen molar-refractivity contribution in [2.75, 3.05) is 24.5 Å². The van der Waals surface area contributed by atoms with Crippen LogP contribution in [0.1, 0.15) is 46.1 Å². The molecule has 1 unspecified atom stereocenters. The van der Waals surface area contributed by atoms with Crippen LogP contribution in [0.3, 0.4) is 0 Å². The number of benzene rings is 1. The highest BCUT2D eigenvalue weighted by Crippen LogP contribution is 2.33. The van der Waals surface area contributed by atoms with Gasteiger partial charge >= 0.3 is 0 Å². The van der Waals surface area contributed by atoms with Crippen LogP contribution in [0.2, 0.25) is 0 Å². The normalized spacial score (nSPS) is 21.9. The second-order valence-corrected chi connectivity index (χ2v) is 6.70. The molecule has 1 aromatic carbocycles. The lowest BCUT2D eigenvalue weighted by Gasteiger charge is -2.37. The third-order valence-electron chi connectivity index (χ3n) is 4.05. The van der Waals surface area contributed by atoms with E-state index in [2.05, 4.69) is 62.2 Å². The summed E-state index contributed by atoms with van der Waals surface area (Å²) in [4.78, 5) is 2.61. The van der Waals surface area contributed by atoms with Crippen molar-refractivity contribution in [3.05, 3.63) is 29.8 Å². The molecule has 1 saturated heterocycles. The third kappa shape index (κ3) is 3.50. The predicted octanol–water partition coefficient (Wildman–Crippen LogP) is 3.56. The number of hydrogen-bond donors (Lipinski definition) is 1. The van der Waals surface area contributed by atoms with Crippen molar-refractivity contribution in [2.45, 2.75) is 52.0 Å². The molecule has 0 amide bonds. The highest BCUT2D eigenvalue weighted by atomic mass is 15.2. The molecule has 2 heteroatoms. The quantitative estimate of drug-likeness (QED) is 0.830. The highest BCUT2D eigenvalue weighted by molar-refractivity contribution is 5.57. The van der Waals surface area contributed by atoms with Gasteiger partial charge in [-0.15, -0.1) is 0 Å². The van der Waals surface area contributed by atoms with Gasteiger partial charge in [0.1, 0.15) is 0 Å². The van der Waals surface area contributed by atoms with Crippen LogP contribution in [0.5, 0.6) is 0 Å². The Morgan fingerprint density at radius 2 is 1.89 bits per heavy atom. The van der Waals surface area contributed by atoms with Gasteiger partial charge in [-0.1, -0.05) is 39.0 Å². The Bertz CT molecular complexity index is 406. The fourth-order valence-corrected chi connectivity index (χ4v) is 2.90. The average molecular weight is 260 g/mol. The minimum absolute atomic E-state index is 0.205. The van der Waals surface area contributed by atoms with Gasteiger partial charge in [0, 0.05) is 18.3 Å². The van der Waals surface area contributed by atoms with Gasteiger partial charge in [0.05, 0.1) is 0 Å². The van der Waals surface area contributed by atoms with Gasteiger partial charge in [0.2, 0.25) is 0 Å². The van der Waals surface area contributed by atoms with Crippen molar-refractivity contribution in [3.8, 4) is 0 Å². The van der Waals surface area contributed by atoms with Gasteiger partial charge in [0.15, 0.2) is 0 Å². The van der Waals surface area contributed by atoms with Crippen molar-refractivity contribution in [2.24, 2.45) is 0 Å². The monoisotopic (exact) mass is 260 g/mol. The zero-order valence-electron chi connectivity index (χ0n) is 12.9. The van der Waals surface area contributed by atoms with Crippen molar-refractivity contribution < 1.29 is 0 Å². The summed E-state index contributed by atoms with van der Waals surface area (Å²) in [6, 6.07) is 9.54. The first-order chi connectivity index (χ1) is 9.00. The van der Waals surface area contributed by atoms with Gasteiger partial charge < -0.3 is 10.2 Å². The van der Waals surface area contributed by atoms with Crippen LogP contribution < -0.4 is 10.2 Å². The zero-order valence-corrected chi connectivity index (χ0v) is 12.9. The molecular weight excluding hydrogens is 232 g/mol. The highest BCUT2D eigenvalue weighted by Gasteiger charge is 2.23. The van der Waals surface area contributed by atoms with Crippen molar-refractivity contribution >= 4 is 5.69 Å². The number of para-hydroxylation sites is 1. The number of anilines is 1. The Balaban J connectivity index is 2.33. The van der Waals surface area contributed by atoms with Gasteiger partial charge in [-0.25, -0.2) is 0 Å². The van der Waals surface area contributed by atoms with E-state index in [4.69, 9.17) is 0 Å². The van der Waals surface area contributed by atoms with Gasteiger partial charge in [-0.05, 0) is 49.9 Å². The Morgan fingerprint density at radius 3 is 2.63 bits per heavy atom. The second kappa shape index (κ2) is 5.96. The van der Waals surface area contributed by atoms with Crippen molar-refractivity contribution in [1.29, 1.82) is 0 Å². The van der Waals surface area contributed by atoms with Crippen LogP contribution in [0, 0.1) is 0 Å². The smallest absolute Gasteiger partial charge is 0.0406 e. The number of rotatable bonds is 1. The maximum absolute atomic E-state index is 3.51. The summed E-state index contributed by atoms with van der Waals surface area (Å²) in [6.45, 7) is 12.7. The Kier molecular flexibility index (Phi) is 4.51. The summed E-state index contributed by atoms with van der Waals surface area (Å²) < 4.78 is 0. The summed E-state index contributed by atoms with van der Waals surface area (Å²) in [6.07, 6.45) is 2.45. The molecule has 106 valence electrons. The lowest BCUT2D eigenvalue weighted by Crippen LogP contribution is -2.41. The van der Waals surface area contributed by atoms with Crippen LogP contribution in [-0.2, 0) is 5.41 Å². The molecule has 1 heterocycles. The molecule has 2 rings (SSSR count). The number of nitrogens with zero attached hydrogens (tertiary/aromatic N) is 1. The van der Waals surface area contributed by atoms with Crippen LogP contribution in [0.4, 0.5) is 5.69 Å². The van der Waals surface area contributed by atoms with E-state index < -0.39 is 0 Å². The fraction of sp³-hybridized carbons (Fsp3) is 0.647. The summed E-state index contributed by atoms with van der Waals surface area (Å²) in [7, 11) is 0. The van der Waals surface area contributed by atoms with Gasteiger partial charge in [-0.2, -0.15) is 0 Å². The Labute approximate surface area is 118 Å². The molecular formula is C17H28N2. The molecule has 1 aliphatic heterocycles. The third-order valence-corrected chi connectivity index (χ3v) is 4.05. The molecule has 0 spiro atoms. The number of hydrogen-bond acceptors (Lipinski definition) is 2. The first-order valence-electron chi connectivity index (χ1n) is 7.57. The van der Waals surface area contributed by atoms with E-state index in [1.807, 2.05) is 0 Å². The molecule has 19 heavy (non-hydrogen) atoms. The molecule has 0 saturated carbocycles. The standard InChI is InChI=1S/C17H28N2/c1-14-10-12-18-11-7-13-19(14)16-9-6-5-8-15(16)17(2,3)4/h5-6,8-9,14,18H,7,10-13H2,1-4H3. The second-order valence-electron chi connectivity index (χ2n) is 6.70. The Morgan fingerprint density at radius 1 is 1.16 bits per heavy atom. The van der Waals surface area contributed by atoms with E-state index in [-0.39, 0.29) is 5.41 Å². The first-order valence-corrected chi connectivity index (χ1v) is 7.57. The Hall–Kier alpha value is -1.02. The van der Waals surface area contributed by atoms with Crippen LogP contribution >= 0.6 is 0 Å².